The van der Waals surface area contributed by atoms with Crippen LogP contribution in [0, 0.1) is 16.0 Å². The van der Waals surface area contributed by atoms with Crippen molar-refractivity contribution in [1.29, 1.82) is 0 Å². The molecule has 0 saturated carbocycles. The summed E-state index contributed by atoms with van der Waals surface area (Å²) in [6.45, 7) is 3.08. The topological polar surface area (TPSA) is 106 Å². The molecule has 2 unspecified atom stereocenters. The second-order valence-electron chi connectivity index (χ2n) is 4.87. The van der Waals surface area contributed by atoms with Crippen LogP contribution in [0.4, 0.5) is 11.5 Å². The quantitative estimate of drug-likeness (QED) is 0.622. The minimum Gasteiger partial charge on any atom is -0.481 e. The van der Waals surface area contributed by atoms with Crippen LogP contribution in [-0.4, -0.2) is 46.8 Å². The lowest BCUT2D eigenvalue weighted by Gasteiger charge is -2.31. The zero-order valence-electron chi connectivity index (χ0n) is 11.6. The molecule has 1 saturated heterocycles. The smallest absolute Gasteiger partial charge is 0.311 e. The largest absolute Gasteiger partial charge is 0.481 e. The van der Waals surface area contributed by atoms with Crippen LogP contribution in [0.2, 0.25) is 0 Å². The van der Waals surface area contributed by atoms with E-state index in [0.29, 0.717) is 19.0 Å². The first kappa shape index (κ1) is 15.2. The Hall–Kier alpha value is -2.22. The minimum absolute atomic E-state index is 0.0901. The summed E-state index contributed by atoms with van der Waals surface area (Å²) in [5.41, 5.74) is -0.0901. The molecular weight excluding hydrogens is 278 g/mol. The van der Waals surface area contributed by atoms with E-state index in [4.69, 9.17) is 4.74 Å². The van der Waals surface area contributed by atoms with E-state index < -0.39 is 16.8 Å². The molecule has 1 aliphatic rings. The second kappa shape index (κ2) is 6.49. The monoisotopic (exact) mass is 295 g/mol. The predicted molar refractivity (Wildman–Crippen MR) is 74.3 cm³/mol. The standard InChI is InChI=1S/C13H17N3O5/c1-2-5-15(11-8-21-7-10(11)13(17)18)12-4-3-9(6-14-12)16(19)20/h3-4,6,10-11H,2,5,7-8H2,1H3,(H,17,18). The van der Waals surface area contributed by atoms with Crippen LogP contribution in [0.1, 0.15) is 13.3 Å². The number of hydrogen-bond acceptors (Lipinski definition) is 6. The van der Waals surface area contributed by atoms with Crippen molar-refractivity contribution in [2.24, 2.45) is 5.92 Å². The third kappa shape index (κ3) is 3.27. The van der Waals surface area contributed by atoms with E-state index in [-0.39, 0.29) is 18.3 Å². The van der Waals surface area contributed by atoms with E-state index in [1.165, 1.54) is 12.3 Å². The van der Waals surface area contributed by atoms with Crippen LogP contribution >= 0.6 is 0 Å². The first-order valence-corrected chi connectivity index (χ1v) is 6.72. The van der Waals surface area contributed by atoms with E-state index in [2.05, 4.69) is 4.98 Å². The van der Waals surface area contributed by atoms with Gasteiger partial charge in [0.25, 0.3) is 5.69 Å². The van der Waals surface area contributed by atoms with E-state index >= 15 is 0 Å². The number of carboxylic acids is 1. The highest BCUT2D eigenvalue weighted by molar-refractivity contribution is 5.72. The summed E-state index contributed by atoms with van der Waals surface area (Å²) in [6, 6.07) is 2.61. The van der Waals surface area contributed by atoms with Crippen molar-refractivity contribution in [1.82, 2.24) is 4.98 Å². The molecule has 0 amide bonds. The number of anilines is 1. The fourth-order valence-corrected chi connectivity index (χ4v) is 2.43. The Balaban J connectivity index is 2.25. The summed E-state index contributed by atoms with van der Waals surface area (Å²) >= 11 is 0. The molecule has 1 aliphatic heterocycles. The number of ether oxygens (including phenoxy) is 1. The third-order valence-corrected chi connectivity index (χ3v) is 3.47. The molecule has 2 heterocycles. The molecule has 8 heteroatoms. The van der Waals surface area contributed by atoms with E-state index in [1.807, 2.05) is 11.8 Å². The van der Waals surface area contributed by atoms with Crippen molar-refractivity contribution >= 4 is 17.5 Å². The normalized spacial score (nSPS) is 21.2. The average Bonchev–Trinajstić information content (AvgIpc) is 2.94. The fourth-order valence-electron chi connectivity index (χ4n) is 2.43. The summed E-state index contributed by atoms with van der Waals surface area (Å²) in [5, 5.41) is 19.9. The summed E-state index contributed by atoms with van der Waals surface area (Å²) in [6.07, 6.45) is 1.99. The molecule has 0 radical (unpaired) electrons. The first-order valence-electron chi connectivity index (χ1n) is 6.72. The molecule has 2 atom stereocenters. The lowest BCUT2D eigenvalue weighted by atomic mass is 10.0. The van der Waals surface area contributed by atoms with E-state index in [9.17, 15) is 20.0 Å². The summed E-state index contributed by atoms with van der Waals surface area (Å²) in [7, 11) is 0. The van der Waals surface area contributed by atoms with Gasteiger partial charge < -0.3 is 14.7 Å². The maximum atomic E-state index is 11.3. The number of hydrogen-bond donors (Lipinski definition) is 1. The minimum atomic E-state index is -0.902. The second-order valence-corrected chi connectivity index (χ2v) is 4.87. The van der Waals surface area contributed by atoms with Gasteiger partial charge in [0.15, 0.2) is 0 Å². The Morgan fingerprint density at radius 3 is 2.86 bits per heavy atom. The van der Waals surface area contributed by atoms with Crippen molar-refractivity contribution in [3.8, 4) is 0 Å². The van der Waals surface area contributed by atoms with Crippen LogP contribution in [0.5, 0.6) is 0 Å². The van der Waals surface area contributed by atoms with Crippen molar-refractivity contribution < 1.29 is 19.6 Å². The van der Waals surface area contributed by atoms with Crippen LogP contribution < -0.4 is 4.90 Å². The van der Waals surface area contributed by atoms with Gasteiger partial charge in [0.2, 0.25) is 0 Å². The van der Waals surface area contributed by atoms with Gasteiger partial charge in [0, 0.05) is 12.6 Å². The summed E-state index contributed by atoms with van der Waals surface area (Å²) in [5.74, 6) is -0.988. The molecule has 114 valence electrons. The molecule has 2 rings (SSSR count). The molecule has 21 heavy (non-hydrogen) atoms. The Morgan fingerprint density at radius 1 is 1.57 bits per heavy atom. The lowest BCUT2D eigenvalue weighted by molar-refractivity contribution is -0.385. The highest BCUT2D eigenvalue weighted by Crippen LogP contribution is 2.26. The Bertz CT molecular complexity index is 519. The number of aromatic nitrogens is 1. The number of nitro groups is 1. The third-order valence-electron chi connectivity index (χ3n) is 3.47. The van der Waals surface area contributed by atoms with Gasteiger partial charge >= 0.3 is 5.97 Å². The molecule has 8 nitrogen and oxygen atoms in total. The molecule has 1 fully saturated rings. The Labute approximate surface area is 121 Å². The molecule has 0 spiro atoms. The van der Waals surface area contributed by atoms with Crippen LogP contribution in [0.3, 0.4) is 0 Å². The molecule has 0 aliphatic carbocycles. The summed E-state index contributed by atoms with van der Waals surface area (Å²) < 4.78 is 5.28. The lowest BCUT2D eigenvalue weighted by Crippen LogP contribution is -2.44. The molecule has 1 aromatic heterocycles. The van der Waals surface area contributed by atoms with Crippen molar-refractivity contribution in [2.45, 2.75) is 19.4 Å². The Morgan fingerprint density at radius 2 is 2.33 bits per heavy atom. The average molecular weight is 295 g/mol. The summed E-state index contributed by atoms with van der Waals surface area (Å²) in [4.78, 5) is 27.4. The number of aliphatic carboxylic acids is 1. The van der Waals surface area contributed by atoms with Crippen LogP contribution in [0.15, 0.2) is 18.3 Å². The predicted octanol–water partition coefficient (Wildman–Crippen LogP) is 1.31. The van der Waals surface area contributed by atoms with Crippen molar-refractivity contribution in [3.05, 3.63) is 28.4 Å². The Kier molecular flexibility index (Phi) is 4.69. The first-order chi connectivity index (χ1) is 10.0. The fraction of sp³-hybridized carbons (Fsp3) is 0.538. The highest BCUT2D eigenvalue weighted by Gasteiger charge is 2.38. The van der Waals surface area contributed by atoms with Crippen LogP contribution in [0.25, 0.3) is 0 Å². The molecule has 1 N–H and O–H groups in total. The zero-order chi connectivity index (χ0) is 15.4. The number of carboxylic acid groups (broad SMARTS) is 1. The van der Waals surface area contributed by atoms with Gasteiger partial charge in [-0.1, -0.05) is 6.92 Å². The molecule has 0 aromatic carbocycles. The van der Waals surface area contributed by atoms with Gasteiger partial charge in [-0.25, -0.2) is 4.98 Å². The van der Waals surface area contributed by atoms with Gasteiger partial charge in [-0.3, -0.25) is 14.9 Å². The maximum absolute atomic E-state index is 11.3. The highest BCUT2D eigenvalue weighted by atomic mass is 16.6. The van der Waals surface area contributed by atoms with Gasteiger partial charge in [-0.15, -0.1) is 0 Å². The van der Waals surface area contributed by atoms with Gasteiger partial charge in [0.05, 0.1) is 24.2 Å². The zero-order valence-corrected chi connectivity index (χ0v) is 11.6. The van der Waals surface area contributed by atoms with Crippen molar-refractivity contribution in [3.63, 3.8) is 0 Å². The molecule has 1 aromatic rings. The molecular formula is C13H17N3O5. The SMILES string of the molecule is CCCN(c1ccc([N+](=O)[O-])cn1)C1COCC1C(=O)O. The maximum Gasteiger partial charge on any atom is 0.311 e. The number of rotatable bonds is 6. The van der Waals surface area contributed by atoms with Gasteiger partial charge in [-0.05, 0) is 12.5 Å². The van der Waals surface area contributed by atoms with Crippen LogP contribution in [-0.2, 0) is 9.53 Å². The number of nitrogens with zero attached hydrogens (tertiary/aromatic N) is 3. The number of pyridine rings is 1. The van der Waals surface area contributed by atoms with Crippen molar-refractivity contribution in [2.75, 3.05) is 24.7 Å². The van der Waals surface area contributed by atoms with Gasteiger partial charge in [0.1, 0.15) is 17.9 Å². The van der Waals surface area contributed by atoms with E-state index in [1.54, 1.807) is 6.07 Å². The van der Waals surface area contributed by atoms with Gasteiger partial charge in [-0.2, -0.15) is 0 Å². The number of carbonyl (C=O) groups is 1. The molecule has 0 bridgehead atoms. The van der Waals surface area contributed by atoms with E-state index in [0.717, 1.165) is 6.42 Å².